The standard InChI is InChI=1S/C18H29N5O4/c1-19-18(22-10-7-15(13-22)14-27-12-11-26-2)21-9-8-20-16-5-3-4-6-17(16)23(24)25/h3-6,15,20H,7-14H2,1-2H3,(H,19,21). The zero-order chi connectivity index (χ0) is 19.5. The van der Waals surface area contributed by atoms with Gasteiger partial charge in [-0.25, -0.2) is 0 Å². The number of rotatable bonds is 10. The maximum absolute atomic E-state index is 11.0. The molecule has 2 N–H and O–H groups in total. The number of methoxy groups -OCH3 is 1. The SMILES string of the molecule is CN=C(NCCNc1ccccc1[N+](=O)[O-])N1CCC(COCCOC)C1. The van der Waals surface area contributed by atoms with E-state index in [4.69, 9.17) is 9.47 Å². The third-order valence-electron chi connectivity index (χ3n) is 4.41. The highest BCUT2D eigenvalue weighted by molar-refractivity contribution is 5.80. The summed E-state index contributed by atoms with van der Waals surface area (Å²) < 4.78 is 10.6. The molecular formula is C18H29N5O4. The Balaban J connectivity index is 1.71. The van der Waals surface area contributed by atoms with Crippen LogP contribution in [0.25, 0.3) is 0 Å². The Morgan fingerprint density at radius 2 is 2.19 bits per heavy atom. The molecule has 1 saturated heterocycles. The number of anilines is 1. The number of aliphatic imine (C=N–C) groups is 1. The van der Waals surface area contributed by atoms with Crippen molar-refractivity contribution in [1.29, 1.82) is 0 Å². The molecular weight excluding hydrogens is 350 g/mol. The lowest BCUT2D eigenvalue weighted by Crippen LogP contribution is -2.42. The topological polar surface area (TPSA) is 101 Å². The molecule has 1 aliphatic heterocycles. The number of likely N-dealkylation sites (tertiary alicyclic amines) is 1. The van der Waals surface area contributed by atoms with Crippen LogP contribution in [0.15, 0.2) is 29.3 Å². The summed E-state index contributed by atoms with van der Waals surface area (Å²) in [7, 11) is 3.43. The van der Waals surface area contributed by atoms with Crippen LogP contribution in [0.3, 0.4) is 0 Å². The number of hydrogen-bond donors (Lipinski definition) is 2. The third-order valence-corrected chi connectivity index (χ3v) is 4.41. The first-order valence-corrected chi connectivity index (χ1v) is 9.15. The summed E-state index contributed by atoms with van der Waals surface area (Å²) in [5, 5.41) is 17.4. The van der Waals surface area contributed by atoms with Crippen LogP contribution in [-0.4, -0.2) is 75.9 Å². The Morgan fingerprint density at radius 3 is 2.93 bits per heavy atom. The number of benzene rings is 1. The van der Waals surface area contributed by atoms with Gasteiger partial charge in [-0.05, 0) is 12.5 Å². The van der Waals surface area contributed by atoms with Gasteiger partial charge in [0.1, 0.15) is 5.69 Å². The van der Waals surface area contributed by atoms with Gasteiger partial charge in [-0.15, -0.1) is 0 Å². The number of guanidine groups is 1. The smallest absolute Gasteiger partial charge is 0.292 e. The number of para-hydroxylation sites is 2. The van der Waals surface area contributed by atoms with Crippen molar-refractivity contribution in [2.45, 2.75) is 6.42 Å². The molecule has 0 radical (unpaired) electrons. The molecule has 2 rings (SSSR count). The largest absolute Gasteiger partial charge is 0.382 e. The molecule has 1 heterocycles. The van der Waals surface area contributed by atoms with Gasteiger partial charge in [0.2, 0.25) is 0 Å². The molecule has 1 unspecified atom stereocenters. The molecule has 0 spiro atoms. The molecule has 0 amide bonds. The molecule has 0 saturated carbocycles. The molecule has 9 nitrogen and oxygen atoms in total. The summed E-state index contributed by atoms with van der Waals surface area (Å²) in [5.74, 6) is 1.34. The number of nitro groups is 1. The molecule has 1 aliphatic rings. The molecule has 0 aliphatic carbocycles. The number of hydrogen-bond acceptors (Lipinski definition) is 6. The molecule has 150 valence electrons. The van der Waals surface area contributed by atoms with E-state index in [1.807, 2.05) is 0 Å². The van der Waals surface area contributed by atoms with E-state index in [1.165, 1.54) is 6.07 Å². The lowest BCUT2D eigenvalue weighted by Gasteiger charge is -2.22. The number of nitro benzene ring substituents is 1. The van der Waals surface area contributed by atoms with Crippen LogP contribution in [0.5, 0.6) is 0 Å². The number of nitrogens with one attached hydrogen (secondary N) is 2. The second-order valence-electron chi connectivity index (χ2n) is 6.34. The minimum atomic E-state index is -0.381. The second kappa shape index (κ2) is 11.3. The monoisotopic (exact) mass is 379 g/mol. The quantitative estimate of drug-likeness (QED) is 0.209. The summed E-state index contributed by atoms with van der Waals surface area (Å²) in [5.41, 5.74) is 0.603. The predicted molar refractivity (Wildman–Crippen MR) is 105 cm³/mol. The average Bonchev–Trinajstić information content (AvgIpc) is 3.14. The highest BCUT2D eigenvalue weighted by atomic mass is 16.6. The molecule has 1 aromatic rings. The Labute approximate surface area is 159 Å². The van der Waals surface area contributed by atoms with Crippen molar-refractivity contribution in [1.82, 2.24) is 10.2 Å². The Bertz CT molecular complexity index is 626. The van der Waals surface area contributed by atoms with Crippen molar-refractivity contribution in [2.24, 2.45) is 10.9 Å². The van der Waals surface area contributed by atoms with E-state index in [2.05, 4.69) is 20.5 Å². The van der Waals surface area contributed by atoms with E-state index in [1.54, 1.807) is 32.4 Å². The summed E-state index contributed by atoms with van der Waals surface area (Å²) in [6.07, 6.45) is 1.07. The highest BCUT2D eigenvalue weighted by Crippen LogP contribution is 2.22. The van der Waals surface area contributed by atoms with Crippen LogP contribution in [0.1, 0.15) is 6.42 Å². The van der Waals surface area contributed by atoms with Gasteiger partial charge in [0.25, 0.3) is 5.69 Å². The summed E-state index contributed by atoms with van der Waals surface area (Å²) >= 11 is 0. The average molecular weight is 379 g/mol. The lowest BCUT2D eigenvalue weighted by molar-refractivity contribution is -0.384. The minimum Gasteiger partial charge on any atom is -0.382 e. The fraction of sp³-hybridized carbons (Fsp3) is 0.611. The predicted octanol–water partition coefficient (Wildman–Crippen LogP) is 1.57. The Hall–Kier alpha value is -2.39. The van der Waals surface area contributed by atoms with Crippen LogP contribution >= 0.6 is 0 Å². The molecule has 0 aromatic heterocycles. The van der Waals surface area contributed by atoms with Gasteiger partial charge in [-0.3, -0.25) is 15.1 Å². The molecule has 0 bridgehead atoms. The Kier molecular flexibility index (Phi) is 8.79. The van der Waals surface area contributed by atoms with E-state index in [0.717, 1.165) is 32.1 Å². The van der Waals surface area contributed by atoms with Crippen molar-refractivity contribution in [3.8, 4) is 0 Å². The van der Waals surface area contributed by atoms with Crippen molar-refractivity contribution < 1.29 is 14.4 Å². The van der Waals surface area contributed by atoms with E-state index >= 15 is 0 Å². The minimum absolute atomic E-state index is 0.0812. The number of ether oxygens (including phenoxy) is 2. The van der Waals surface area contributed by atoms with Crippen LogP contribution in [0, 0.1) is 16.0 Å². The third kappa shape index (κ3) is 6.69. The normalized spacial score (nSPS) is 17.2. The van der Waals surface area contributed by atoms with Gasteiger partial charge in [-0.1, -0.05) is 12.1 Å². The summed E-state index contributed by atoms with van der Waals surface area (Å²) in [4.78, 5) is 17.2. The second-order valence-corrected chi connectivity index (χ2v) is 6.34. The zero-order valence-corrected chi connectivity index (χ0v) is 16.0. The molecule has 1 fully saturated rings. The zero-order valence-electron chi connectivity index (χ0n) is 16.0. The van der Waals surface area contributed by atoms with E-state index in [9.17, 15) is 10.1 Å². The van der Waals surface area contributed by atoms with Crippen molar-refractivity contribution >= 4 is 17.3 Å². The molecule has 9 heteroatoms. The van der Waals surface area contributed by atoms with Crippen molar-refractivity contribution in [3.05, 3.63) is 34.4 Å². The van der Waals surface area contributed by atoms with Crippen LogP contribution < -0.4 is 10.6 Å². The van der Waals surface area contributed by atoms with E-state index in [-0.39, 0.29) is 10.6 Å². The van der Waals surface area contributed by atoms with Crippen molar-refractivity contribution in [2.75, 3.05) is 65.5 Å². The Morgan fingerprint density at radius 1 is 1.37 bits per heavy atom. The molecule has 1 atom stereocenters. The van der Waals surface area contributed by atoms with Gasteiger partial charge >= 0.3 is 0 Å². The maximum Gasteiger partial charge on any atom is 0.292 e. The van der Waals surface area contributed by atoms with Gasteiger partial charge < -0.3 is 25.0 Å². The first-order chi connectivity index (χ1) is 13.2. The van der Waals surface area contributed by atoms with Gasteiger partial charge in [-0.2, -0.15) is 0 Å². The number of nitrogens with zero attached hydrogens (tertiary/aromatic N) is 3. The van der Waals surface area contributed by atoms with Crippen LogP contribution in [0.4, 0.5) is 11.4 Å². The molecule has 1 aromatic carbocycles. The summed E-state index contributed by atoms with van der Waals surface area (Å²) in [6.45, 7) is 4.99. The lowest BCUT2D eigenvalue weighted by atomic mass is 10.1. The van der Waals surface area contributed by atoms with Gasteiger partial charge in [0, 0.05) is 52.3 Å². The van der Waals surface area contributed by atoms with Gasteiger partial charge in [0.05, 0.1) is 24.7 Å². The first-order valence-electron chi connectivity index (χ1n) is 9.15. The van der Waals surface area contributed by atoms with E-state index < -0.39 is 0 Å². The van der Waals surface area contributed by atoms with Crippen LogP contribution in [0.2, 0.25) is 0 Å². The van der Waals surface area contributed by atoms with E-state index in [0.29, 0.717) is 37.9 Å². The maximum atomic E-state index is 11.0. The fourth-order valence-corrected chi connectivity index (χ4v) is 3.04. The van der Waals surface area contributed by atoms with Crippen molar-refractivity contribution in [3.63, 3.8) is 0 Å². The molecule has 27 heavy (non-hydrogen) atoms. The first kappa shape index (κ1) is 20.9. The highest BCUT2D eigenvalue weighted by Gasteiger charge is 2.24. The van der Waals surface area contributed by atoms with Crippen LogP contribution in [-0.2, 0) is 9.47 Å². The fourth-order valence-electron chi connectivity index (χ4n) is 3.04. The van der Waals surface area contributed by atoms with Gasteiger partial charge in [0.15, 0.2) is 5.96 Å². The summed E-state index contributed by atoms with van der Waals surface area (Å²) in [6, 6.07) is 6.64.